The topological polar surface area (TPSA) is 62.1 Å². The van der Waals surface area contributed by atoms with Crippen molar-refractivity contribution >= 4 is 17.7 Å². The first-order chi connectivity index (χ1) is 10.2. The molecule has 0 saturated heterocycles. The first kappa shape index (κ1) is 15.9. The van der Waals surface area contributed by atoms with Crippen molar-refractivity contribution in [2.45, 2.75) is 36.6 Å². The van der Waals surface area contributed by atoms with Gasteiger partial charge in [0.15, 0.2) is 0 Å². The summed E-state index contributed by atoms with van der Waals surface area (Å²) in [6.45, 7) is 0. The number of nitrogens with one attached hydrogen (secondary N) is 1. The fourth-order valence-electron chi connectivity index (χ4n) is 2.75. The van der Waals surface area contributed by atoms with Crippen molar-refractivity contribution in [3.05, 3.63) is 35.4 Å². The molecule has 0 aliphatic heterocycles. The van der Waals surface area contributed by atoms with Gasteiger partial charge in [0.1, 0.15) is 6.04 Å². The highest BCUT2D eigenvalue weighted by Gasteiger charge is 2.30. The van der Waals surface area contributed by atoms with E-state index in [2.05, 4.69) is 17.6 Å². The van der Waals surface area contributed by atoms with Crippen LogP contribution in [0.15, 0.2) is 24.3 Å². The van der Waals surface area contributed by atoms with Crippen LogP contribution in [0.1, 0.15) is 36.4 Å². The lowest BCUT2D eigenvalue weighted by molar-refractivity contribution is -0.143. The third-order valence-corrected chi connectivity index (χ3v) is 5.00. The molecule has 112 valence electrons. The SMILES string of the molecule is COC(=O)[C@H](N[C@@H]1CC[C@@H](SC)C1)c1cccc(C#N)c1. The molecule has 0 bridgehead atoms. The summed E-state index contributed by atoms with van der Waals surface area (Å²) in [5.41, 5.74) is 1.34. The number of thioether (sulfide) groups is 1. The Bertz CT molecular complexity index is 541. The van der Waals surface area contributed by atoms with Crippen molar-refractivity contribution < 1.29 is 9.53 Å². The lowest BCUT2D eigenvalue weighted by atomic mass is 10.0. The van der Waals surface area contributed by atoms with E-state index < -0.39 is 6.04 Å². The monoisotopic (exact) mass is 304 g/mol. The van der Waals surface area contributed by atoms with Gasteiger partial charge in [-0.3, -0.25) is 5.32 Å². The fourth-order valence-corrected chi connectivity index (χ4v) is 3.54. The third kappa shape index (κ3) is 3.99. The van der Waals surface area contributed by atoms with Gasteiger partial charge in [0.2, 0.25) is 0 Å². The van der Waals surface area contributed by atoms with Gasteiger partial charge in [-0.05, 0) is 43.2 Å². The molecule has 1 saturated carbocycles. The maximum Gasteiger partial charge on any atom is 0.327 e. The molecule has 3 atom stereocenters. The number of rotatable bonds is 5. The maximum absolute atomic E-state index is 12.1. The number of nitriles is 1. The van der Waals surface area contributed by atoms with Crippen molar-refractivity contribution in [2.75, 3.05) is 13.4 Å². The Morgan fingerprint density at radius 2 is 2.33 bits per heavy atom. The van der Waals surface area contributed by atoms with E-state index >= 15 is 0 Å². The summed E-state index contributed by atoms with van der Waals surface area (Å²) >= 11 is 1.88. The minimum atomic E-state index is -0.506. The number of carbonyl (C=O) groups is 1. The van der Waals surface area contributed by atoms with E-state index in [-0.39, 0.29) is 5.97 Å². The zero-order valence-corrected chi connectivity index (χ0v) is 13.2. The highest BCUT2D eigenvalue weighted by atomic mass is 32.2. The summed E-state index contributed by atoms with van der Waals surface area (Å²) in [4.78, 5) is 12.1. The van der Waals surface area contributed by atoms with Crippen molar-refractivity contribution in [1.29, 1.82) is 5.26 Å². The van der Waals surface area contributed by atoms with Crippen LogP contribution in [0.2, 0.25) is 0 Å². The van der Waals surface area contributed by atoms with Gasteiger partial charge < -0.3 is 4.74 Å². The van der Waals surface area contributed by atoms with E-state index in [0.717, 1.165) is 18.4 Å². The van der Waals surface area contributed by atoms with Crippen LogP contribution in [0.25, 0.3) is 0 Å². The zero-order valence-electron chi connectivity index (χ0n) is 12.3. The molecular formula is C16H20N2O2S. The minimum absolute atomic E-state index is 0.308. The average Bonchev–Trinajstić information content (AvgIpc) is 2.99. The molecule has 0 spiro atoms. The average molecular weight is 304 g/mol. The van der Waals surface area contributed by atoms with Crippen LogP contribution in [0.5, 0.6) is 0 Å². The van der Waals surface area contributed by atoms with E-state index in [1.165, 1.54) is 13.5 Å². The van der Waals surface area contributed by atoms with E-state index in [1.807, 2.05) is 17.8 Å². The predicted molar refractivity (Wildman–Crippen MR) is 84.0 cm³/mol. The van der Waals surface area contributed by atoms with Crippen LogP contribution in [0.3, 0.4) is 0 Å². The molecular weight excluding hydrogens is 284 g/mol. The predicted octanol–water partition coefficient (Wildman–Crippen LogP) is 2.65. The molecule has 0 heterocycles. The van der Waals surface area contributed by atoms with Gasteiger partial charge in [0, 0.05) is 11.3 Å². The number of hydrogen-bond donors (Lipinski definition) is 1. The van der Waals surface area contributed by atoms with Crippen LogP contribution >= 0.6 is 11.8 Å². The number of benzene rings is 1. The van der Waals surface area contributed by atoms with Crippen molar-refractivity contribution in [3.63, 3.8) is 0 Å². The van der Waals surface area contributed by atoms with Crippen LogP contribution < -0.4 is 5.32 Å². The first-order valence-corrected chi connectivity index (χ1v) is 8.33. The molecule has 1 N–H and O–H groups in total. The number of esters is 1. The highest BCUT2D eigenvalue weighted by Crippen LogP contribution is 2.30. The molecule has 0 radical (unpaired) electrons. The van der Waals surface area contributed by atoms with Gasteiger partial charge in [0.05, 0.1) is 18.7 Å². The third-order valence-electron chi connectivity index (χ3n) is 3.91. The zero-order chi connectivity index (χ0) is 15.2. The van der Waals surface area contributed by atoms with Gasteiger partial charge in [-0.1, -0.05) is 12.1 Å². The molecule has 4 nitrogen and oxygen atoms in total. The van der Waals surface area contributed by atoms with Crippen LogP contribution in [0, 0.1) is 11.3 Å². The fraction of sp³-hybridized carbons (Fsp3) is 0.500. The lowest BCUT2D eigenvalue weighted by Crippen LogP contribution is -2.36. The second kappa shape index (κ2) is 7.48. The van der Waals surface area contributed by atoms with Gasteiger partial charge in [-0.15, -0.1) is 0 Å². The Morgan fingerprint density at radius 1 is 1.52 bits per heavy atom. The quantitative estimate of drug-likeness (QED) is 0.847. The van der Waals surface area contributed by atoms with Crippen LogP contribution in [-0.4, -0.2) is 30.6 Å². The minimum Gasteiger partial charge on any atom is -0.468 e. The van der Waals surface area contributed by atoms with E-state index in [0.29, 0.717) is 16.9 Å². The van der Waals surface area contributed by atoms with E-state index in [4.69, 9.17) is 10.00 Å². The van der Waals surface area contributed by atoms with E-state index in [1.54, 1.807) is 18.2 Å². The number of methoxy groups -OCH3 is 1. The van der Waals surface area contributed by atoms with Crippen molar-refractivity contribution in [2.24, 2.45) is 0 Å². The summed E-state index contributed by atoms with van der Waals surface area (Å²) in [5, 5.41) is 13.1. The van der Waals surface area contributed by atoms with Crippen LogP contribution in [-0.2, 0) is 9.53 Å². The van der Waals surface area contributed by atoms with E-state index in [9.17, 15) is 4.79 Å². The number of ether oxygens (including phenoxy) is 1. The number of carbonyl (C=O) groups excluding carboxylic acids is 1. The maximum atomic E-state index is 12.1. The Balaban J connectivity index is 2.15. The first-order valence-electron chi connectivity index (χ1n) is 7.04. The van der Waals surface area contributed by atoms with Gasteiger partial charge >= 0.3 is 5.97 Å². The number of hydrogen-bond acceptors (Lipinski definition) is 5. The molecule has 5 heteroatoms. The molecule has 0 amide bonds. The summed E-state index contributed by atoms with van der Waals surface area (Å²) in [7, 11) is 1.39. The second-order valence-corrected chi connectivity index (χ2v) is 6.37. The van der Waals surface area contributed by atoms with Gasteiger partial charge in [0.25, 0.3) is 0 Å². The Labute approximate surface area is 129 Å². The lowest BCUT2D eigenvalue weighted by Gasteiger charge is -2.21. The standard InChI is InChI=1S/C16H20N2O2S/c1-20-16(19)15(12-5-3-4-11(8-12)10-17)18-13-6-7-14(9-13)21-2/h3-5,8,13-15,18H,6-7,9H2,1-2H3/t13-,14-,15-/m1/s1. The summed E-state index contributed by atoms with van der Waals surface area (Å²) < 4.78 is 4.91. The molecule has 1 aromatic carbocycles. The Kier molecular flexibility index (Phi) is 5.66. The summed E-state index contributed by atoms with van der Waals surface area (Å²) in [6.07, 6.45) is 5.43. The van der Waals surface area contributed by atoms with Crippen LogP contribution in [0.4, 0.5) is 0 Å². The molecule has 21 heavy (non-hydrogen) atoms. The summed E-state index contributed by atoms with van der Waals surface area (Å²) in [6, 6.07) is 9.05. The normalized spacial score (nSPS) is 22.5. The molecule has 0 unspecified atom stereocenters. The van der Waals surface area contributed by atoms with Gasteiger partial charge in [-0.25, -0.2) is 4.79 Å². The Morgan fingerprint density at radius 3 is 2.95 bits per heavy atom. The van der Waals surface area contributed by atoms with Crippen molar-refractivity contribution in [1.82, 2.24) is 5.32 Å². The molecule has 1 aromatic rings. The molecule has 2 rings (SSSR count). The molecule has 0 aromatic heterocycles. The second-order valence-electron chi connectivity index (χ2n) is 5.23. The smallest absolute Gasteiger partial charge is 0.327 e. The largest absolute Gasteiger partial charge is 0.468 e. The summed E-state index contributed by atoms with van der Waals surface area (Å²) in [5.74, 6) is -0.308. The molecule has 1 aliphatic rings. The highest BCUT2D eigenvalue weighted by molar-refractivity contribution is 7.99. The van der Waals surface area contributed by atoms with Crippen molar-refractivity contribution in [3.8, 4) is 6.07 Å². The Hall–Kier alpha value is -1.51. The molecule has 1 fully saturated rings. The molecule has 1 aliphatic carbocycles. The number of nitrogens with zero attached hydrogens (tertiary/aromatic N) is 1. The van der Waals surface area contributed by atoms with Gasteiger partial charge in [-0.2, -0.15) is 17.0 Å².